The average molecular weight is 461 g/mol. The number of nitro groups is 1. The van der Waals surface area contributed by atoms with Gasteiger partial charge in [-0.1, -0.05) is 44.2 Å². The van der Waals surface area contributed by atoms with E-state index in [0.717, 1.165) is 17.3 Å². The number of hydrazone groups is 1. The molecule has 0 unspecified atom stereocenters. The Labute approximate surface area is 186 Å². The van der Waals surface area contributed by atoms with Crippen molar-refractivity contribution < 1.29 is 22.9 Å². The van der Waals surface area contributed by atoms with Crippen LogP contribution in [-0.2, 0) is 14.8 Å². The van der Waals surface area contributed by atoms with Crippen LogP contribution in [0.5, 0.6) is 5.75 Å². The summed E-state index contributed by atoms with van der Waals surface area (Å²) in [6.07, 6.45) is 0.591. The summed E-state index contributed by atoms with van der Waals surface area (Å²) in [7, 11) is -3.87. The quantitative estimate of drug-likeness (QED) is 0.419. The minimum atomic E-state index is -3.87. The number of ether oxygens (including phenoxy) is 1. The fourth-order valence-corrected chi connectivity index (χ4v) is 4.80. The van der Waals surface area contributed by atoms with Gasteiger partial charge in [-0.05, 0) is 17.7 Å². The molecule has 3 rings (SSSR count). The zero-order chi connectivity index (χ0) is 23.3. The number of nitrogens with zero attached hydrogens (tertiary/aromatic N) is 4. The van der Waals surface area contributed by atoms with Gasteiger partial charge in [-0.2, -0.15) is 9.41 Å². The molecule has 2 aromatic carbocycles. The molecule has 11 heteroatoms. The average Bonchev–Trinajstić information content (AvgIpc) is 3.29. The van der Waals surface area contributed by atoms with Crippen LogP contribution in [-0.4, -0.2) is 60.5 Å². The number of benzene rings is 2. The van der Waals surface area contributed by atoms with Crippen molar-refractivity contribution in [3.63, 3.8) is 0 Å². The molecular weight excluding hydrogens is 436 g/mol. The molecule has 0 aliphatic carbocycles. The normalized spacial score (nSPS) is 13.8. The smallest absolute Gasteiger partial charge is 0.312 e. The molecule has 0 N–H and O–H groups in total. The summed E-state index contributed by atoms with van der Waals surface area (Å²) in [4.78, 5) is 23.1. The summed E-state index contributed by atoms with van der Waals surface area (Å²) in [6, 6.07) is 12.9. The van der Waals surface area contributed by atoms with Crippen molar-refractivity contribution in [1.29, 1.82) is 0 Å². The van der Waals surface area contributed by atoms with Gasteiger partial charge in [0.25, 0.3) is 5.91 Å². The standard InChI is InChI=1S/C21H24N4O6S/c1-3-23(4-2)32(29,30)17-10-11-20(19(14-17)25(27)28)31-15-21(26)24-13-12-18(22-24)16-8-6-5-7-9-16/h5-11,14H,3-4,12-13,15H2,1-2H3. The summed E-state index contributed by atoms with van der Waals surface area (Å²) < 4.78 is 31.9. The Morgan fingerprint density at radius 2 is 1.88 bits per heavy atom. The van der Waals surface area contributed by atoms with E-state index in [1.54, 1.807) is 13.8 Å². The molecule has 0 spiro atoms. The van der Waals surface area contributed by atoms with Gasteiger partial charge >= 0.3 is 5.69 Å². The van der Waals surface area contributed by atoms with Crippen LogP contribution in [0.15, 0.2) is 58.5 Å². The van der Waals surface area contributed by atoms with Gasteiger partial charge in [0, 0.05) is 25.6 Å². The largest absolute Gasteiger partial charge is 0.477 e. The Morgan fingerprint density at radius 3 is 2.50 bits per heavy atom. The van der Waals surface area contributed by atoms with Gasteiger partial charge in [0.1, 0.15) is 0 Å². The third kappa shape index (κ3) is 4.94. The fraction of sp³-hybridized carbons (Fsp3) is 0.333. The SMILES string of the molecule is CCN(CC)S(=O)(=O)c1ccc(OCC(=O)N2CCC(c3ccccc3)=N2)c([N+](=O)[O-])c1. The number of nitro benzene ring substituents is 1. The molecule has 0 fully saturated rings. The second-order valence-corrected chi connectivity index (χ2v) is 8.88. The van der Waals surface area contributed by atoms with Crippen molar-refractivity contribution in [2.24, 2.45) is 5.10 Å². The van der Waals surface area contributed by atoms with Crippen LogP contribution in [0.1, 0.15) is 25.8 Å². The molecule has 0 aromatic heterocycles. The lowest BCUT2D eigenvalue weighted by Gasteiger charge is -2.18. The first-order valence-corrected chi connectivity index (χ1v) is 11.6. The Morgan fingerprint density at radius 1 is 1.19 bits per heavy atom. The predicted octanol–water partition coefficient (Wildman–Crippen LogP) is 2.64. The van der Waals surface area contributed by atoms with E-state index in [1.807, 2.05) is 30.3 Å². The summed E-state index contributed by atoms with van der Waals surface area (Å²) in [6.45, 7) is 3.76. The lowest BCUT2D eigenvalue weighted by atomic mass is 10.1. The number of rotatable bonds is 9. The molecule has 170 valence electrons. The summed E-state index contributed by atoms with van der Waals surface area (Å²) in [5, 5.41) is 17.1. The zero-order valence-corrected chi connectivity index (χ0v) is 18.6. The third-order valence-corrected chi connectivity index (χ3v) is 7.06. The Hall–Kier alpha value is -3.31. The van der Waals surface area contributed by atoms with Crippen molar-refractivity contribution in [2.45, 2.75) is 25.2 Å². The van der Waals surface area contributed by atoms with Crippen LogP contribution < -0.4 is 4.74 Å². The zero-order valence-electron chi connectivity index (χ0n) is 17.8. The van der Waals surface area contributed by atoms with Crippen LogP contribution in [0.4, 0.5) is 5.69 Å². The highest BCUT2D eigenvalue weighted by Crippen LogP contribution is 2.31. The van der Waals surface area contributed by atoms with Crippen molar-refractivity contribution in [2.75, 3.05) is 26.2 Å². The topological polar surface area (TPSA) is 122 Å². The molecule has 1 heterocycles. The number of carbonyl (C=O) groups is 1. The molecule has 0 bridgehead atoms. The predicted molar refractivity (Wildman–Crippen MR) is 118 cm³/mol. The number of sulfonamides is 1. The summed E-state index contributed by atoms with van der Waals surface area (Å²) in [5.74, 6) is -0.640. The Balaban J connectivity index is 1.74. The summed E-state index contributed by atoms with van der Waals surface area (Å²) in [5.41, 5.74) is 1.17. The number of hydrogen-bond acceptors (Lipinski definition) is 7. The van der Waals surface area contributed by atoms with Gasteiger partial charge in [0.15, 0.2) is 12.4 Å². The molecule has 2 aromatic rings. The molecule has 0 radical (unpaired) electrons. The number of carbonyl (C=O) groups excluding carboxylic acids is 1. The second kappa shape index (κ2) is 9.88. The van der Waals surface area contributed by atoms with Gasteiger partial charge in [0.05, 0.1) is 22.1 Å². The van der Waals surface area contributed by atoms with E-state index in [9.17, 15) is 23.3 Å². The van der Waals surface area contributed by atoms with E-state index in [-0.39, 0.29) is 23.7 Å². The van der Waals surface area contributed by atoms with E-state index in [2.05, 4.69) is 5.10 Å². The Bertz CT molecular complexity index is 1130. The van der Waals surface area contributed by atoms with Gasteiger partial charge in [-0.15, -0.1) is 0 Å². The van der Waals surface area contributed by atoms with E-state index in [1.165, 1.54) is 21.4 Å². The van der Waals surface area contributed by atoms with Gasteiger partial charge in [-0.25, -0.2) is 13.4 Å². The molecular formula is C21H24N4O6S. The van der Waals surface area contributed by atoms with Crippen LogP contribution >= 0.6 is 0 Å². The van der Waals surface area contributed by atoms with Crippen molar-refractivity contribution in [3.8, 4) is 5.75 Å². The molecule has 1 aliphatic rings. The highest BCUT2D eigenvalue weighted by molar-refractivity contribution is 7.89. The van der Waals surface area contributed by atoms with Crippen LogP contribution in [0, 0.1) is 10.1 Å². The first kappa shape index (κ1) is 23.4. The molecule has 1 amide bonds. The van der Waals surface area contributed by atoms with Crippen LogP contribution in [0.3, 0.4) is 0 Å². The number of hydrogen-bond donors (Lipinski definition) is 0. The molecule has 10 nitrogen and oxygen atoms in total. The Kier molecular flexibility index (Phi) is 7.21. The minimum absolute atomic E-state index is 0.187. The maximum absolute atomic E-state index is 12.7. The van der Waals surface area contributed by atoms with E-state index >= 15 is 0 Å². The minimum Gasteiger partial charge on any atom is -0.477 e. The van der Waals surface area contributed by atoms with E-state index in [0.29, 0.717) is 13.0 Å². The monoisotopic (exact) mass is 460 g/mol. The fourth-order valence-electron chi connectivity index (χ4n) is 3.32. The van der Waals surface area contributed by atoms with Crippen molar-refractivity contribution in [1.82, 2.24) is 9.31 Å². The van der Waals surface area contributed by atoms with Gasteiger partial charge in [0.2, 0.25) is 10.0 Å². The first-order chi connectivity index (χ1) is 15.3. The molecule has 0 saturated carbocycles. The highest BCUT2D eigenvalue weighted by Gasteiger charge is 2.27. The van der Waals surface area contributed by atoms with Gasteiger partial charge < -0.3 is 4.74 Å². The number of amides is 1. The molecule has 0 atom stereocenters. The summed E-state index contributed by atoms with van der Waals surface area (Å²) >= 11 is 0. The maximum Gasteiger partial charge on any atom is 0.312 e. The molecule has 32 heavy (non-hydrogen) atoms. The maximum atomic E-state index is 12.7. The second-order valence-electron chi connectivity index (χ2n) is 6.94. The van der Waals surface area contributed by atoms with Crippen LogP contribution in [0.25, 0.3) is 0 Å². The van der Waals surface area contributed by atoms with Gasteiger partial charge in [-0.3, -0.25) is 14.9 Å². The first-order valence-electron chi connectivity index (χ1n) is 10.1. The lowest BCUT2D eigenvalue weighted by molar-refractivity contribution is -0.386. The lowest BCUT2D eigenvalue weighted by Crippen LogP contribution is -2.30. The third-order valence-electron chi connectivity index (χ3n) is 5.02. The van der Waals surface area contributed by atoms with Crippen LogP contribution in [0.2, 0.25) is 0 Å². The van der Waals surface area contributed by atoms with E-state index in [4.69, 9.17) is 4.74 Å². The molecule has 1 aliphatic heterocycles. The van der Waals surface area contributed by atoms with Crippen molar-refractivity contribution in [3.05, 3.63) is 64.2 Å². The van der Waals surface area contributed by atoms with Crippen molar-refractivity contribution >= 4 is 27.3 Å². The highest BCUT2D eigenvalue weighted by atomic mass is 32.2. The molecule has 0 saturated heterocycles. The van der Waals surface area contributed by atoms with E-state index < -0.39 is 33.1 Å².